The van der Waals surface area contributed by atoms with Crippen LogP contribution in [0.4, 0.5) is 11.4 Å². The van der Waals surface area contributed by atoms with Gasteiger partial charge in [-0.05, 0) is 6.07 Å². The second-order valence-electron chi connectivity index (χ2n) is 4.74. The van der Waals surface area contributed by atoms with Gasteiger partial charge in [-0.1, -0.05) is 17.7 Å². The first-order valence-corrected chi connectivity index (χ1v) is 7.07. The lowest BCUT2D eigenvalue weighted by Crippen LogP contribution is -2.17. The standard InChI is InChI=1S/C15H11ClN2O5/c16-11-7-13-14(23-5-4-22-13)8-12(11)17-15(19)9-2-1-3-10(6-9)18(20)21/h1-3,6-8H,4-5H2,(H,17,19). The van der Waals surface area contributed by atoms with Crippen molar-refractivity contribution in [1.82, 2.24) is 0 Å². The van der Waals surface area contributed by atoms with Gasteiger partial charge < -0.3 is 14.8 Å². The predicted octanol–water partition coefficient (Wildman–Crippen LogP) is 3.27. The summed E-state index contributed by atoms with van der Waals surface area (Å²) in [5.74, 6) is 0.483. The molecule has 0 fully saturated rings. The van der Waals surface area contributed by atoms with E-state index in [-0.39, 0.29) is 16.3 Å². The van der Waals surface area contributed by atoms with Crippen LogP contribution < -0.4 is 14.8 Å². The molecule has 0 spiro atoms. The van der Waals surface area contributed by atoms with E-state index in [0.717, 1.165) is 0 Å². The molecule has 8 heteroatoms. The van der Waals surface area contributed by atoms with Crippen LogP contribution in [0.5, 0.6) is 11.5 Å². The lowest BCUT2D eigenvalue weighted by Gasteiger charge is -2.20. The molecule has 0 aromatic heterocycles. The van der Waals surface area contributed by atoms with Gasteiger partial charge in [-0.3, -0.25) is 14.9 Å². The number of ether oxygens (including phenoxy) is 2. The van der Waals surface area contributed by atoms with Gasteiger partial charge in [0.25, 0.3) is 11.6 Å². The van der Waals surface area contributed by atoms with Crippen LogP contribution in [0.15, 0.2) is 36.4 Å². The quantitative estimate of drug-likeness (QED) is 0.687. The molecule has 0 saturated heterocycles. The highest BCUT2D eigenvalue weighted by molar-refractivity contribution is 6.34. The summed E-state index contributed by atoms with van der Waals surface area (Å²) in [6, 6.07) is 8.55. The number of benzene rings is 2. The molecule has 0 atom stereocenters. The fourth-order valence-electron chi connectivity index (χ4n) is 2.11. The highest BCUT2D eigenvalue weighted by Crippen LogP contribution is 2.38. The molecule has 7 nitrogen and oxygen atoms in total. The number of rotatable bonds is 3. The molecule has 1 amide bonds. The highest BCUT2D eigenvalue weighted by Gasteiger charge is 2.18. The zero-order chi connectivity index (χ0) is 16.4. The summed E-state index contributed by atoms with van der Waals surface area (Å²) in [6.45, 7) is 0.843. The molecule has 2 aromatic carbocycles. The Hall–Kier alpha value is -2.80. The molecule has 1 N–H and O–H groups in total. The first kappa shape index (κ1) is 15.1. The molecule has 0 bridgehead atoms. The molecule has 3 rings (SSSR count). The van der Waals surface area contributed by atoms with E-state index in [9.17, 15) is 14.9 Å². The minimum absolute atomic E-state index is 0.158. The van der Waals surface area contributed by atoms with Crippen LogP contribution in [0.2, 0.25) is 5.02 Å². The third-order valence-corrected chi connectivity index (χ3v) is 3.51. The number of fused-ring (bicyclic) bond motifs is 1. The van der Waals surface area contributed by atoms with Crippen LogP contribution in [-0.2, 0) is 0 Å². The van der Waals surface area contributed by atoms with Gasteiger partial charge in [0, 0.05) is 29.8 Å². The fourth-order valence-corrected chi connectivity index (χ4v) is 2.32. The molecule has 0 aliphatic carbocycles. The summed E-state index contributed by atoms with van der Waals surface area (Å²) >= 11 is 6.12. The average Bonchev–Trinajstić information content (AvgIpc) is 2.55. The smallest absolute Gasteiger partial charge is 0.270 e. The zero-order valence-electron chi connectivity index (χ0n) is 11.7. The highest BCUT2D eigenvalue weighted by atomic mass is 35.5. The van der Waals surface area contributed by atoms with Crippen molar-refractivity contribution in [3.63, 3.8) is 0 Å². The Morgan fingerprint density at radius 1 is 1.17 bits per heavy atom. The monoisotopic (exact) mass is 334 g/mol. The minimum Gasteiger partial charge on any atom is -0.486 e. The van der Waals surface area contributed by atoms with E-state index in [1.165, 1.54) is 24.3 Å². The first-order valence-electron chi connectivity index (χ1n) is 6.69. The summed E-state index contributed by atoms with van der Waals surface area (Å²) in [4.78, 5) is 22.5. The lowest BCUT2D eigenvalue weighted by molar-refractivity contribution is -0.384. The van der Waals surface area contributed by atoms with Gasteiger partial charge in [0.1, 0.15) is 13.2 Å². The molecule has 1 aliphatic heterocycles. The van der Waals surface area contributed by atoms with Crippen LogP contribution in [0.1, 0.15) is 10.4 Å². The molecular formula is C15H11ClN2O5. The molecule has 1 aliphatic rings. The van der Waals surface area contributed by atoms with Crippen molar-refractivity contribution in [3.8, 4) is 11.5 Å². The number of non-ortho nitro benzene ring substituents is 1. The predicted molar refractivity (Wildman–Crippen MR) is 83.5 cm³/mol. The molecule has 0 radical (unpaired) electrons. The van der Waals surface area contributed by atoms with E-state index in [1.807, 2.05) is 0 Å². The zero-order valence-corrected chi connectivity index (χ0v) is 12.5. The van der Waals surface area contributed by atoms with Crippen molar-refractivity contribution < 1.29 is 19.2 Å². The maximum Gasteiger partial charge on any atom is 0.270 e. The van der Waals surface area contributed by atoms with Gasteiger partial charge in [0.15, 0.2) is 11.5 Å². The van der Waals surface area contributed by atoms with Crippen LogP contribution in [0.25, 0.3) is 0 Å². The Morgan fingerprint density at radius 2 is 1.87 bits per heavy atom. The summed E-state index contributed by atoms with van der Waals surface area (Å²) in [6.07, 6.45) is 0. The van der Waals surface area contributed by atoms with Crippen molar-refractivity contribution in [2.45, 2.75) is 0 Å². The van der Waals surface area contributed by atoms with Gasteiger partial charge in [-0.2, -0.15) is 0 Å². The number of halogens is 1. The largest absolute Gasteiger partial charge is 0.486 e. The van der Waals surface area contributed by atoms with E-state index in [2.05, 4.69) is 5.32 Å². The van der Waals surface area contributed by atoms with Crippen molar-refractivity contribution >= 4 is 28.9 Å². The van der Waals surface area contributed by atoms with Gasteiger partial charge in [-0.25, -0.2) is 0 Å². The van der Waals surface area contributed by atoms with Crippen molar-refractivity contribution in [2.75, 3.05) is 18.5 Å². The SMILES string of the molecule is O=C(Nc1cc2c(cc1Cl)OCCO2)c1cccc([N+](=O)[O-])c1. The molecule has 23 heavy (non-hydrogen) atoms. The van der Waals surface area contributed by atoms with Crippen molar-refractivity contribution in [2.24, 2.45) is 0 Å². The van der Waals surface area contributed by atoms with E-state index in [0.29, 0.717) is 30.4 Å². The van der Waals surface area contributed by atoms with Crippen LogP contribution in [0, 0.1) is 10.1 Å². The second-order valence-corrected chi connectivity index (χ2v) is 5.14. The normalized spacial score (nSPS) is 12.6. The Balaban J connectivity index is 1.85. The Kier molecular flexibility index (Phi) is 4.03. The minimum atomic E-state index is -0.562. The molecule has 1 heterocycles. The summed E-state index contributed by atoms with van der Waals surface area (Å²) < 4.78 is 10.8. The lowest BCUT2D eigenvalue weighted by atomic mass is 10.2. The Labute approximate surface area is 135 Å². The van der Waals surface area contributed by atoms with Gasteiger partial charge in [0.2, 0.25) is 0 Å². The van der Waals surface area contributed by atoms with E-state index in [4.69, 9.17) is 21.1 Å². The number of nitrogens with one attached hydrogen (secondary N) is 1. The average molecular weight is 335 g/mol. The van der Waals surface area contributed by atoms with Gasteiger partial charge >= 0.3 is 0 Å². The number of nitrogens with zero attached hydrogens (tertiary/aromatic N) is 1. The fraction of sp³-hybridized carbons (Fsp3) is 0.133. The Bertz CT molecular complexity index is 793. The number of hydrogen-bond acceptors (Lipinski definition) is 5. The molecule has 118 valence electrons. The van der Waals surface area contributed by atoms with E-state index >= 15 is 0 Å². The third kappa shape index (κ3) is 3.19. The maximum atomic E-state index is 12.2. The maximum absolute atomic E-state index is 12.2. The second kappa shape index (κ2) is 6.13. The van der Waals surface area contributed by atoms with Crippen molar-refractivity contribution in [3.05, 3.63) is 57.1 Å². The molecule has 0 saturated carbocycles. The number of carbonyl (C=O) groups is 1. The van der Waals surface area contributed by atoms with E-state index < -0.39 is 10.8 Å². The number of amides is 1. The third-order valence-electron chi connectivity index (χ3n) is 3.20. The Morgan fingerprint density at radius 3 is 2.57 bits per heavy atom. The number of nitro groups is 1. The summed E-state index contributed by atoms with van der Waals surface area (Å²) in [5.41, 5.74) is 0.337. The summed E-state index contributed by atoms with van der Waals surface area (Å²) in [7, 11) is 0. The van der Waals surface area contributed by atoms with Crippen LogP contribution >= 0.6 is 11.6 Å². The topological polar surface area (TPSA) is 90.7 Å². The van der Waals surface area contributed by atoms with Crippen LogP contribution in [0.3, 0.4) is 0 Å². The first-order chi connectivity index (χ1) is 11.0. The number of nitro benzene ring substituents is 1. The molecular weight excluding hydrogens is 324 g/mol. The van der Waals surface area contributed by atoms with Crippen LogP contribution in [-0.4, -0.2) is 24.0 Å². The number of carbonyl (C=O) groups excluding carboxylic acids is 1. The number of hydrogen-bond donors (Lipinski definition) is 1. The number of anilines is 1. The molecule has 0 unspecified atom stereocenters. The van der Waals surface area contributed by atoms with Gasteiger partial charge in [0.05, 0.1) is 15.6 Å². The van der Waals surface area contributed by atoms with E-state index in [1.54, 1.807) is 12.1 Å². The van der Waals surface area contributed by atoms with Crippen molar-refractivity contribution in [1.29, 1.82) is 0 Å². The molecule has 2 aromatic rings. The summed E-state index contributed by atoms with van der Waals surface area (Å²) in [5, 5.41) is 13.7. The van der Waals surface area contributed by atoms with Gasteiger partial charge in [-0.15, -0.1) is 0 Å².